The molecule has 0 saturated carbocycles. The van der Waals surface area contributed by atoms with Crippen molar-refractivity contribution >= 4 is 16.9 Å². The molecular weight excluding hydrogens is 409 g/mol. The van der Waals surface area contributed by atoms with E-state index in [0.717, 1.165) is 0 Å². The van der Waals surface area contributed by atoms with Crippen LogP contribution in [0, 0.1) is 11.3 Å². The number of halogens is 3. The molecule has 31 heavy (non-hydrogen) atoms. The number of hydrogen-bond acceptors (Lipinski definition) is 6. The summed E-state index contributed by atoms with van der Waals surface area (Å²) in [5, 5.41) is 9.24. The molecule has 2 aromatic rings. The number of piperazine rings is 1. The molecule has 0 aromatic carbocycles. The van der Waals surface area contributed by atoms with Crippen LogP contribution in [0.25, 0.3) is 11.0 Å². The van der Waals surface area contributed by atoms with Crippen molar-refractivity contribution in [1.29, 1.82) is 5.26 Å². The van der Waals surface area contributed by atoms with E-state index in [9.17, 15) is 23.2 Å². The largest absolute Gasteiger partial charge is 0.413 e. The molecule has 1 unspecified atom stereocenters. The highest BCUT2D eigenvalue weighted by Crippen LogP contribution is 2.34. The van der Waals surface area contributed by atoms with E-state index in [0.29, 0.717) is 29.9 Å². The van der Waals surface area contributed by atoms with Crippen LogP contribution < -0.4 is 10.6 Å². The monoisotopic (exact) mass is 434 g/mol. The minimum Gasteiger partial charge on any atom is -0.349 e. The summed E-state index contributed by atoms with van der Waals surface area (Å²) >= 11 is 0. The summed E-state index contributed by atoms with van der Waals surface area (Å²) in [6.07, 6.45) is -4.17. The van der Waals surface area contributed by atoms with Crippen molar-refractivity contribution in [2.75, 3.05) is 18.0 Å². The first-order chi connectivity index (χ1) is 14.5. The molecular formula is C21H25F3N6O. The van der Waals surface area contributed by atoms with Gasteiger partial charge in [-0.3, -0.25) is 9.47 Å². The van der Waals surface area contributed by atoms with E-state index >= 15 is 0 Å². The minimum atomic E-state index is -4.46. The van der Waals surface area contributed by atoms with E-state index in [2.05, 4.69) is 16.5 Å². The summed E-state index contributed by atoms with van der Waals surface area (Å²) in [5.41, 5.74) is -0.0669. The molecule has 0 aliphatic carbocycles. The van der Waals surface area contributed by atoms with Gasteiger partial charge < -0.3 is 4.90 Å². The number of aromatic nitrogens is 3. The molecule has 10 heteroatoms. The first-order valence-electron chi connectivity index (χ1n) is 10.1. The Morgan fingerprint density at radius 2 is 1.97 bits per heavy atom. The molecule has 3 rings (SSSR count). The summed E-state index contributed by atoms with van der Waals surface area (Å²) in [5.74, 6) is 0.344. The normalized spacial score (nSPS) is 21.2. The number of nitriles is 1. The third-order valence-corrected chi connectivity index (χ3v) is 5.91. The number of aryl methyl sites for hydroxylation is 1. The predicted molar refractivity (Wildman–Crippen MR) is 112 cm³/mol. The van der Waals surface area contributed by atoms with Gasteiger partial charge >= 0.3 is 11.9 Å². The summed E-state index contributed by atoms with van der Waals surface area (Å²) < 4.78 is 41.3. The maximum absolute atomic E-state index is 13.3. The van der Waals surface area contributed by atoms with Crippen molar-refractivity contribution in [3.8, 4) is 6.07 Å². The van der Waals surface area contributed by atoms with Gasteiger partial charge in [0.05, 0.1) is 5.52 Å². The van der Waals surface area contributed by atoms with Crippen molar-refractivity contribution in [2.45, 2.75) is 51.5 Å². The van der Waals surface area contributed by atoms with Gasteiger partial charge in [-0.1, -0.05) is 13.5 Å². The van der Waals surface area contributed by atoms with Gasteiger partial charge in [-0.2, -0.15) is 23.4 Å². The van der Waals surface area contributed by atoms with Gasteiger partial charge in [-0.15, -0.1) is 0 Å². The Bertz CT molecular complexity index is 1100. The number of alkyl halides is 3. The lowest BCUT2D eigenvalue weighted by molar-refractivity contribution is -0.103. The van der Waals surface area contributed by atoms with E-state index in [4.69, 9.17) is 0 Å². The number of anilines is 1. The lowest BCUT2D eigenvalue weighted by atomic mass is 9.98. The van der Waals surface area contributed by atoms with Gasteiger partial charge in [0.15, 0.2) is 5.82 Å². The number of rotatable bonds is 4. The van der Waals surface area contributed by atoms with Crippen LogP contribution in [-0.2, 0) is 7.05 Å². The van der Waals surface area contributed by atoms with Crippen molar-refractivity contribution in [1.82, 2.24) is 19.4 Å². The summed E-state index contributed by atoms with van der Waals surface area (Å²) in [7, 11) is 1.58. The van der Waals surface area contributed by atoms with Crippen LogP contribution in [-0.4, -0.2) is 56.8 Å². The second-order valence-corrected chi connectivity index (χ2v) is 7.95. The lowest BCUT2D eigenvalue weighted by Crippen LogP contribution is -2.60. The number of hydrogen-bond donors (Lipinski definition) is 0. The predicted octanol–water partition coefficient (Wildman–Crippen LogP) is 3.00. The minimum absolute atomic E-state index is 0.195. The third-order valence-electron chi connectivity index (χ3n) is 5.91. The maximum atomic E-state index is 13.3. The quantitative estimate of drug-likeness (QED) is 0.689. The molecule has 7 nitrogen and oxygen atoms in total. The molecule has 1 saturated heterocycles. The zero-order chi connectivity index (χ0) is 23.1. The van der Waals surface area contributed by atoms with Crippen molar-refractivity contribution in [2.24, 2.45) is 7.05 Å². The highest BCUT2D eigenvalue weighted by Gasteiger charge is 2.42. The Morgan fingerprint density at radius 1 is 1.29 bits per heavy atom. The van der Waals surface area contributed by atoms with Crippen LogP contribution in [0.4, 0.5) is 19.0 Å². The third kappa shape index (κ3) is 4.14. The van der Waals surface area contributed by atoms with Crippen LogP contribution in [0.1, 0.15) is 32.9 Å². The van der Waals surface area contributed by atoms with E-state index in [1.165, 1.54) is 10.6 Å². The van der Waals surface area contributed by atoms with Crippen LogP contribution in [0.5, 0.6) is 0 Å². The Labute approximate surface area is 178 Å². The topological polar surface area (TPSA) is 78.0 Å². The van der Waals surface area contributed by atoms with Gasteiger partial charge in [0.2, 0.25) is 0 Å². The van der Waals surface area contributed by atoms with E-state index in [1.807, 2.05) is 29.7 Å². The fourth-order valence-corrected chi connectivity index (χ4v) is 4.22. The molecule has 3 heterocycles. The molecule has 166 valence electrons. The van der Waals surface area contributed by atoms with Gasteiger partial charge in [-0.05, 0) is 32.4 Å². The Balaban J connectivity index is 2.01. The Hall–Kier alpha value is -2.93. The highest BCUT2D eigenvalue weighted by atomic mass is 19.4. The average Bonchev–Trinajstić information content (AvgIpc) is 2.72. The average molecular weight is 434 g/mol. The van der Waals surface area contributed by atoms with E-state index in [-0.39, 0.29) is 24.2 Å². The molecule has 1 aliphatic heterocycles. The summed E-state index contributed by atoms with van der Waals surface area (Å²) in [6, 6.07) is 3.87. The molecule has 0 radical (unpaired) electrons. The van der Waals surface area contributed by atoms with Crippen LogP contribution in [0.3, 0.4) is 0 Å². The van der Waals surface area contributed by atoms with Gasteiger partial charge in [0, 0.05) is 43.8 Å². The number of pyridine rings is 1. The van der Waals surface area contributed by atoms with Gasteiger partial charge in [-0.25, -0.2) is 9.78 Å². The SMILES string of the molecule is C=C(C(CC)N1C[C@H](C)N(c2nc(=O)n(C)c3ccc(C#N)nc23)C[C@H]1C)C(F)(F)F. The smallest absolute Gasteiger partial charge is 0.349 e. The highest BCUT2D eigenvalue weighted by molar-refractivity contribution is 5.86. The molecule has 0 spiro atoms. The Morgan fingerprint density at radius 3 is 2.55 bits per heavy atom. The molecule has 1 fully saturated rings. The molecule has 0 amide bonds. The van der Waals surface area contributed by atoms with Crippen LogP contribution >= 0.6 is 0 Å². The molecule has 0 bridgehead atoms. The van der Waals surface area contributed by atoms with E-state index in [1.54, 1.807) is 20.0 Å². The van der Waals surface area contributed by atoms with Crippen LogP contribution in [0.15, 0.2) is 29.1 Å². The molecule has 2 aromatic heterocycles. The van der Waals surface area contributed by atoms with Gasteiger partial charge in [0.25, 0.3) is 0 Å². The zero-order valence-corrected chi connectivity index (χ0v) is 17.9. The fraction of sp³-hybridized carbons (Fsp3) is 0.524. The van der Waals surface area contributed by atoms with Crippen LogP contribution in [0.2, 0.25) is 0 Å². The maximum Gasteiger partial charge on any atom is 0.413 e. The second-order valence-electron chi connectivity index (χ2n) is 7.95. The van der Waals surface area contributed by atoms with Crippen molar-refractivity contribution in [3.63, 3.8) is 0 Å². The number of fused-ring (bicyclic) bond motifs is 1. The van der Waals surface area contributed by atoms with Gasteiger partial charge in [0.1, 0.15) is 17.3 Å². The van der Waals surface area contributed by atoms with E-state index < -0.39 is 23.5 Å². The standard InChI is InChI=1S/C21H25F3N6O/c1-6-16(14(4)21(22,23)24)29-10-13(3)30(11-12(29)2)19-18-17(28(5)20(31)27-19)8-7-15(9-25)26-18/h7-8,12-13,16H,4,6,10-11H2,1-3,5H3/t12-,13+,16?/m1/s1. The Kier molecular flexibility index (Phi) is 6.09. The summed E-state index contributed by atoms with van der Waals surface area (Å²) in [6.45, 7) is 9.45. The lowest BCUT2D eigenvalue weighted by Gasteiger charge is -2.48. The number of nitrogens with zero attached hydrogens (tertiary/aromatic N) is 6. The fourth-order valence-electron chi connectivity index (χ4n) is 4.22. The molecule has 1 aliphatic rings. The molecule has 3 atom stereocenters. The van der Waals surface area contributed by atoms with Crippen molar-refractivity contribution < 1.29 is 13.2 Å². The summed E-state index contributed by atoms with van der Waals surface area (Å²) in [4.78, 5) is 24.7. The first kappa shape index (κ1) is 22.7. The van der Waals surface area contributed by atoms with Crippen molar-refractivity contribution in [3.05, 3.63) is 40.5 Å². The zero-order valence-electron chi connectivity index (χ0n) is 17.9. The first-order valence-corrected chi connectivity index (χ1v) is 10.1. The second kappa shape index (κ2) is 8.30. The molecule has 0 N–H and O–H groups in total.